The summed E-state index contributed by atoms with van der Waals surface area (Å²) in [4.78, 5) is 14.7. The second-order valence-electron chi connectivity index (χ2n) is 6.40. The Morgan fingerprint density at radius 3 is 2.32 bits per heavy atom. The fourth-order valence-corrected chi connectivity index (χ4v) is 3.50. The third-order valence-electron chi connectivity index (χ3n) is 4.51. The number of aryl methyl sites for hydroxylation is 2. The summed E-state index contributed by atoms with van der Waals surface area (Å²) in [6, 6.07) is 13.8. The van der Waals surface area contributed by atoms with Crippen LogP contribution in [0.25, 0.3) is 0 Å². The number of hydrogen-bond donors (Lipinski definition) is 2. The van der Waals surface area contributed by atoms with Crippen molar-refractivity contribution in [3.05, 3.63) is 62.9 Å². The summed E-state index contributed by atoms with van der Waals surface area (Å²) in [5.74, 6) is -0.434. The average Bonchev–Trinajstić information content (AvgIpc) is 2.67. The lowest BCUT2D eigenvalue weighted by Crippen LogP contribution is -2.21. The summed E-state index contributed by atoms with van der Waals surface area (Å²) in [6.07, 6.45) is 1.46. The van der Waals surface area contributed by atoms with Gasteiger partial charge in [-0.25, -0.2) is 0 Å². The quantitative estimate of drug-likeness (QED) is 0.319. The third kappa shape index (κ3) is 5.49. The number of nitrogens with one attached hydrogen (secondary N) is 2. The van der Waals surface area contributed by atoms with E-state index in [1.807, 2.05) is 50.2 Å². The van der Waals surface area contributed by atoms with Crippen molar-refractivity contribution >= 4 is 45.6 Å². The van der Waals surface area contributed by atoms with E-state index in [0.717, 1.165) is 39.2 Å². The summed E-state index contributed by atoms with van der Waals surface area (Å²) in [5.41, 5.74) is 4.74. The van der Waals surface area contributed by atoms with Crippen LogP contribution in [0.1, 0.15) is 25.0 Å². The van der Waals surface area contributed by atoms with Crippen molar-refractivity contribution in [2.24, 2.45) is 0 Å². The number of nitriles is 1. The Bertz CT molecular complexity index is 927. The number of rotatable bonds is 7. The van der Waals surface area contributed by atoms with Crippen molar-refractivity contribution in [1.29, 1.82) is 5.26 Å². The van der Waals surface area contributed by atoms with Gasteiger partial charge in [-0.05, 0) is 97.8 Å². The predicted molar refractivity (Wildman–Crippen MR) is 125 cm³/mol. The van der Waals surface area contributed by atoms with Crippen LogP contribution >= 0.6 is 22.6 Å². The van der Waals surface area contributed by atoms with Crippen LogP contribution in [0.3, 0.4) is 0 Å². The standard InChI is InChI=1S/C22H25IN4O/c1-5-27(6-2)19-8-10-20(16(4)12-19)25-14-17(13-24)22(28)26-21-9-7-18(23)11-15(21)3/h7-12,14,25H,5-6H2,1-4H3,(H,26,28)/b17-14-. The molecule has 0 radical (unpaired) electrons. The molecule has 28 heavy (non-hydrogen) atoms. The topological polar surface area (TPSA) is 68.2 Å². The molecule has 6 heteroatoms. The minimum absolute atomic E-state index is 0.0187. The lowest BCUT2D eigenvalue weighted by Gasteiger charge is -2.22. The smallest absolute Gasteiger partial charge is 0.267 e. The second-order valence-corrected chi connectivity index (χ2v) is 7.64. The van der Waals surface area contributed by atoms with Crippen LogP contribution in [-0.2, 0) is 4.79 Å². The van der Waals surface area contributed by atoms with Crippen molar-refractivity contribution in [2.45, 2.75) is 27.7 Å². The van der Waals surface area contributed by atoms with Gasteiger partial charge in [-0.1, -0.05) is 0 Å². The van der Waals surface area contributed by atoms with E-state index in [1.54, 1.807) is 0 Å². The average molecular weight is 488 g/mol. The van der Waals surface area contributed by atoms with Gasteiger partial charge in [0, 0.05) is 39.9 Å². The molecule has 2 aromatic rings. The number of anilines is 3. The third-order valence-corrected chi connectivity index (χ3v) is 5.18. The number of hydrogen-bond acceptors (Lipinski definition) is 4. The Morgan fingerprint density at radius 2 is 1.75 bits per heavy atom. The molecule has 5 nitrogen and oxygen atoms in total. The Labute approximate surface area is 180 Å². The van der Waals surface area contributed by atoms with Gasteiger partial charge < -0.3 is 15.5 Å². The number of nitrogens with zero attached hydrogens (tertiary/aromatic N) is 2. The van der Waals surface area contributed by atoms with E-state index < -0.39 is 5.91 Å². The Kier molecular flexibility index (Phi) is 7.88. The van der Waals surface area contributed by atoms with Gasteiger partial charge in [0.2, 0.25) is 0 Å². The zero-order chi connectivity index (χ0) is 20.7. The Balaban J connectivity index is 2.14. The summed E-state index contributed by atoms with van der Waals surface area (Å²) in [6.45, 7) is 10.1. The molecule has 0 atom stereocenters. The molecule has 1 amide bonds. The van der Waals surface area contributed by atoms with Crippen molar-refractivity contribution in [3.63, 3.8) is 0 Å². The van der Waals surface area contributed by atoms with Gasteiger partial charge in [0.15, 0.2) is 0 Å². The number of carbonyl (C=O) groups is 1. The Hall–Kier alpha value is -2.53. The maximum Gasteiger partial charge on any atom is 0.267 e. The van der Waals surface area contributed by atoms with Crippen molar-refractivity contribution in [1.82, 2.24) is 0 Å². The van der Waals surface area contributed by atoms with E-state index in [4.69, 9.17) is 0 Å². The van der Waals surface area contributed by atoms with Crippen LogP contribution in [-0.4, -0.2) is 19.0 Å². The fraction of sp³-hybridized carbons (Fsp3) is 0.273. The number of benzene rings is 2. The number of amides is 1. The zero-order valence-electron chi connectivity index (χ0n) is 16.6. The monoisotopic (exact) mass is 488 g/mol. The van der Waals surface area contributed by atoms with E-state index in [9.17, 15) is 10.1 Å². The van der Waals surface area contributed by atoms with Crippen LogP contribution in [0.15, 0.2) is 48.2 Å². The molecule has 0 aliphatic heterocycles. The van der Waals surface area contributed by atoms with Gasteiger partial charge in [0.05, 0.1) is 0 Å². The van der Waals surface area contributed by atoms with Crippen LogP contribution in [0.4, 0.5) is 17.1 Å². The molecule has 0 bridgehead atoms. The summed E-state index contributed by atoms with van der Waals surface area (Å²) in [7, 11) is 0. The van der Waals surface area contributed by atoms with Crippen LogP contribution < -0.4 is 15.5 Å². The SMILES string of the molecule is CCN(CC)c1ccc(N/C=C(/C#N)C(=O)Nc2ccc(I)cc2C)c(C)c1. The normalized spacial score (nSPS) is 10.9. The molecule has 146 valence electrons. The summed E-state index contributed by atoms with van der Waals surface area (Å²) < 4.78 is 1.09. The fourth-order valence-electron chi connectivity index (χ4n) is 2.85. The molecule has 0 saturated carbocycles. The van der Waals surface area contributed by atoms with Crippen LogP contribution in [0, 0.1) is 28.7 Å². The second kappa shape index (κ2) is 10.1. The highest BCUT2D eigenvalue weighted by molar-refractivity contribution is 14.1. The van der Waals surface area contributed by atoms with Gasteiger partial charge in [0.25, 0.3) is 5.91 Å². The molecule has 0 saturated heterocycles. The molecule has 0 fully saturated rings. The highest BCUT2D eigenvalue weighted by Crippen LogP contribution is 2.23. The maximum atomic E-state index is 12.5. The molecular formula is C22H25IN4O. The van der Waals surface area contributed by atoms with E-state index in [0.29, 0.717) is 5.69 Å². The molecule has 2 N–H and O–H groups in total. The van der Waals surface area contributed by atoms with Crippen LogP contribution in [0.5, 0.6) is 0 Å². The highest BCUT2D eigenvalue weighted by atomic mass is 127. The van der Waals surface area contributed by atoms with Crippen molar-refractivity contribution in [3.8, 4) is 6.07 Å². The van der Waals surface area contributed by atoms with E-state index in [2.05, 4.69) is 58.0 Å². The van der Waals surface area contributed by atoms with E-state index in [1.165, 1.54) is 6.20 Å². The van der Waals surface area contributed by atoms with Gasteiger partial charge in [-0.15, -0.1) is 0 Å². The first kappa shape index (κ1) is 21.8. The zero-order valence-corrected chi connectivity index (χ0v) is 18.8. The molecule has 0 unspecified atom stereocenters. The van der Waals surface area contributed by atoms with E-state index >= 15 is 0 Å². The first-order valence-electron chi connectivity index (χ1n) is 9.19. The molecule has 0 spiro atoms. The van der Waals surface area contributed by atoms with Gasteiger partial charge >= 0.3 is 0 Å². The highest BCUT2D eigenvalue weighted by Gasteiger charge is 2.11. The number of halogens is 1. The summed E-state index contributed by atoms with van der Waals surface area (Å²) >= 11 is 2.22. The minimum atomic E-state index is -0.434. The lowest BCUT2D eigenvalue weighted by atomic mass is 10.1. The Morgan fingerprint density at radius 1 is 1.11 bits per heavy atom. The first-order valence-corrected chi connectivity index (χ1v) is 10.3. The predicted octanol–water partition coefficient (Wildman–Crippen LogP) is 5.21. The molecule has 2 rings (SSSR count). The molecule has 0 aliphatic carbocycles. The van der Waals surface area contributed by atoms with Gasteiger partial charge in [0.1, 0.15) is 11.6 Å². The van der Waals surface area contributed by atoms with Crippen molar-refractivity contribution in [2.75, 3.05) is 28.6 Å². The maximum absolute atomic E-state index is 12.5. The van der Waals surface area contributed by atoms with E-state index in [-0.39, 0.29) is 5.57 Å². The lowest BCUT2D eigenvalue weighted by molar-refractivity contribution is -0.112. The van der Waals surface area contributed by atoms with Gasteiger partial charge in [-0.3, -0.25) is 4.79 Å². The van der Waals surface area contributed by atoms with Crippen LogP contribution in [0.2, 0.25) is 0 Å². The molecule has 0 aromatic heterocycles. The summed E-state index contributed by atoms with van der Waals surface area (Å²) in [5, 5.41) is 15.3. The molecule has 0 aliphatic rings. The molecule has 2 aromatic carbocycles. The number of carbonyl (C=O) groups excluding carboxylic acids is 1. The largest absolute Gasteiger partial charge is 0.372 e. The molecular weight excluding hydrogens is 463 g/mol. The van der Waals surface area contributed by atoms with Crippen molar-refractivity contribution < 1.29 is 4.79 Å². The first-order chi connectivity index (χ1) is 13.4. The minimum Gasteiger partial charge on any atom is -0.372 e. The molecule has 0 heterocycles. The van der Waals surface area contributed by atoms with Gasteiger partial charge in [-0.2, -0.15) is 5.26 Å².